The monoisotopic (exact) mass is 258 g/mol. The van der Waals surface area contributed by atoms with E-state index in [1.54, 1.807) is 0 Å². The van der Waals surface area contributed by atoms with E-state index in [9.17, 15) is 18.0 Å². The van der Waals surface area contributed by atoms with Crippen LogP contribution in [-0.4, -0.2) is 18.5 Å². The molecule has 0 aromatic heterocycles. The highest BCUT2D eigenvalue weighted by Gasteiger charge is 2.30. The molecular weight excluding hydrogens is 245 g/mol. The molecule has 1 aliphatic heterocycles. The summed E-state index contributed by atoms with van der Waals surface area (Å²) in [6.07, 6.45) is 0.609. The van der Waals surface area contributed by atoms with Crippen molar-refractivity contribution >= 4 is 11.6 Å². The average molecular weight is 258 g/mol. The predicted octanol–water partition coefficient (Wildman–Crippen LogP) is 2.04. The van der Waals surface area contributed by atoms with Gasteiger partial charge in [0.2, 0.25) is 5.91 Å². The second kappa shape index (κ2) is 4.97. The molecule has 1 fully saturated rings. The van der Waals surface area contributed by atoms with E-state index in [0.29, 0.717) is 25.1 Å². The third kappa shape index (κ3) is 2.48. The van der Waals surface area contributed by atoms with Crippen molar-refractivity contribution in [1.29, 1.82) is 0 Å². The van der Waals surface area contributed by atoms with Crippen molar-refractivity contribution in [2.75, 3.05) is 11.9 Å². The summed E-state index contributed by atoms with van der Waals surface area (Å²) in [7, 11) is 0. The number of nitrogens with one attached hydrogen (secondary N) is 2. The van der Waals surface area contributed by atoms with E-state index in [-0.39, 0.29) is 12.0 Å². The van der Waals surface area contributed by atoms with Crippen LogP contribution in [0.5, 0.6) is 0 Å². The first-order valence-electron chi connectivity index (χ1n) is 5.68. The maximum Gasteiger partial charge on any atom is 0.229 e. The van der Waals surface area contributed by atoms with Gasteiger partial charge in [-0.15, -0.1) is 0 Å². The fraction of sp³-hybridized carbons (Fsp3) is 0.417. The number of anilines is 1. The fourth-order valence-corrected chi connectivity index (χ4v) is 2.09. The van der Waals surface area contributed by atoms with Gasteiger partial charge in [-0.1, -0.05) is 0 Å². The van der Waals surface area contributed by atoms with Gasteiger partial charge in [-0.05, 0) is 19.9 Å². The van der Waals surface area contributed by atoms with Gasteiger partial charge in [0.15, 0.2) is 11.6 Å². The van der Waals surface area contributed by atoms with Crippen LogP contribution in [0, 0.1) is 23.4 Å². The number of benzene rings is 1. The van der Waals surface area contributed by atoms with Crippen LogP contribution >= 0.6 is 0 Å². The Labute approximate surface area is 102 Å². The zero-order chi connectivity index (χ0) is 13.3. The Kier molecular flexibility index (Phi) is 3.56. The van der Waals surface area contributed by atoms with Crippen molar-refractivity contribution in [2.24, 2.45) is 5.92 Å². The summed E-state index contributed by atoms with van der Waals surface area (Å²) < 4.78 is 39.4. The Morgan fingerprint density at radius 3 is 2.44 bits per heavy atom. The Morgan fingerprint density at radius 2 is 1.94 bits per heavy atom. The Morgan fingerprint density at radius 1 is 1.33 bits per heavy atom. The number of rotatable bonds is 2. The van der Waals surface area contributed by atoms with Crippen molar-refractivity contribution in [3.05, 3.63) is 29.6 Å². The second-order valence-electron chi connectivity index (χ2n) is 4.37. The zero-order valence-corrected chi connectivity index (χ0v) is 9.77. The van der Waals surface area contributed by atoms with E-state index in [4.69, 9.17) is 0 Å². The number of carbonyl (C=O) groups excluding carboxylic acids is 1. The summed E-state index contributed by atoms with van der Waals surface area (Å²) in [6, 6.07) is 1.03. The van der Waals surface area contributed by atoms with Crippen LogP contribution in [0.4, 0.5) is 18.9 Å². The Balaban J connectivity index is 2.17. The van der Waals surface area contributed by atoms with Gasteiger partial charge in [0.25, 0.3) is 0 Å². The largest absolute Gasteiger partial charge is 0.321 e. The Bertz CT molecular complexity index is 455. The van der Waals surface area contributed by atoms with Crippen molar-refractivity contribution in [2.45, 2.75) is 19.4 Å². The maximum atomic E-state index is 13.3. The van der Waals surface area contributed by atoms with E-state index in [1.807, 2.05) is 6.92 Å². The van der Waals surface area contributed by atoms with Gasteiger partial charge in [0.05, 0.1) is 5.92 Å². The minimum atomic E-state index is -1.11. The molecule has 1 saturated heterocycles. The molecule has 0 radical (unpaired) electrons. The molecule has 2 atom stereocenters. The standard InChI is InChI=1S/C12H13F3N2O/c1-6-8(2-3-16-6)12(18)17-11-9(14)4-7(13)5-10(11)15/h4-6,8,16H,2-3H2,1H3,(H,17,18). The van der Waals surface area contributed by atoms with Crippen molar-refractivity contribution < 1.29 is 18.0 Å². The quantitative estimate of drug-likeness (QED) is 0.852. The molecule has 1 amide bonds. The van der Waals surface area contributed by atoms with Gasteiger partial charge in [0, 0.05) is 18.2 Å². The molecule has 1 heterocycles. The van der Waals surface area contributed by atoms with Gasteiger partial charge < -0.3 is 10.6 Å². The first-order chi connectivity index (χ1) is 8.49. The zero-order valence-electron chi connectivity index (χ0n) is 9.77. The molecule has 0 bridgehead atoms. The summed E-state index contributed by atoms with van der Waals surface area (Å²) in [5, 5.41) is 5.25. The molecule has 1 aromatic carbocycles. The SMILES string of the molecule is CC1NCCC1C(=O)Nc1c(F)cc(F)cc1F. The molecular formula is C12H13F3N2O. The highest BCUT2D eigenvalue weighted by molar-refractivity contribution is 5.93. The summed E-state index contributed by atoms with van der Waals surface area (Å²) in [5.41, 5.74) is -0.597. The van der Waals surface area contributed by atoms with Crippen LogP contribution in [0.2, 0.25) is 0 Å². The summed E-state index contributed by atoms with van der Waals surface area (Å²) in [5.74, 6) is -4.04. The predicted molar refractivity (Wildman–Crippen MR) is 60.5 cm³/mol. The summed E-state index contributed by atoms with van der Waals surface area (Å²) in [6.45, 7) is 2.52. The lowest BCUT2D eigenvalue weighted by atomic mass is 10.0. The molecule has 0 spiro atoms. The maximum absolute atomic E-state index is 13.3. The van der Waals surface area contributed by atoms with Crippen molar-refractivity contribution in [3.8, 4) is 0 Å². The normalized spacial score (nSPS) is 23.1. The van der Waals surface area contributed by atoms with Gasteiger partial charge in [0.1, 0.15) is 11.5 Å². The van der Waals surface area contributed by atoms with E-state index in [1.165, 1.54) is 0 Å². The molecule has 18 heavy (non-hydrogen) atoms. The molecule has 6 heteroatoms. The lowest BCUT2D eigenvalue weighted by molar-refractivity contribution is -0.120. The number of halogens is 3. The van der Waals surface area contributed by atoms with Crippen LogP contribution in [0.25, 0.3) is 0 Å². The van der Waals surface area contributed by atoms with Crippen molar-refractivity contribution in [1.82, 2.24) is 5.32 Å². The third-order valence-corrected chi connectivity index (χ3v) is 3.12. The fourth-order valence-electron chi connectivity index (χ4n) is 2.09. The van der Waals surface area contributed by atoms with Crippen LogP contribution < -0.4 is 10.6 Å². The summed E-state index contributed by atoms with van der Waals surface area (Å²) >= 11 is 0. The highest BCUT2D eigenvalue weighted by atomic mass is 19.1. The Hall–Kier alpha value is -1.56. The second-order valence-corrected chi connectivity index (χ2v) is 4.37. The van der Waals surface area contributed by atoms with Crippen LogP contribution in [0.3, 0.4) is 0 Å². The minimum Gasteiger partial charge on any atom is -0.321 e. The smallest absolute Gasteiger partial charge is 0.229 e. The minimum absolute atomic E-state index is 0.0448. The lowest BCUT2D eigenvalue weighted by Gasteiger charge is -2.15. The van der Waals surface area contributed by atoms with Crippen LogP contribution in [0.1, 0.15) is 13.3 Å². The lowest BCUT2D eigenvalue weighted by Crippen LogP contribution is -2.32. The molecule has 1 aromatic rings. The number of carbonyl (C=O) groups is 1. The number of hydrogen-bond acceptors (Lipinski definition) is 2. The molecule has 2 N–H and O–H groups in total. The first kappa shape index (κ1) is 12.9. The van der Waals surface area contributed by atoms with E-state index >= 15 is 0 Å². The van der Waals surface area contributed by atoms with Crippen molar-refractivity contribution in [3.63, 3.8) is 0 Å². The molecule has 2 rings (SSSR count). The number of hydrogen-bond donors (Lipinski definition) is 2. The van der Waals surface area contributed by atoms with Crippen LogP contribution in [-0.2, 0) is 4.79 Å². The van der Waals surface area contributed by atoms with E-state index < -0.39 is 29.0 Å². The van der Waals surface area contributed by atoms with Crippen LogP contribution in [0.15, 0.2) is 12.1 Å². The van der Waals surface area contributed by atoms with Gasteiger partial charge >= 0.3 is 0 Å². The molecule has 2 unspecified atom stereocenters. The molecule has 1 aliphatic rings. The molecule has 0 saturated carbocycles. The van der Waals surface area contributed by atoms with E-state index in [0.717, 1.165) is 0 Å². The topological polar surface area (TPSA) is 41.1 Å². The van der Waals surface area contributed by atoms with Gasteiger partial charge in [-0.2, -0.15) is 0 Å². The molecule has 98 valence electrons. The molecule has 3 nitrogen and oxygen atoms in total. The van der Waals surface area contributed by atoms with Gasteiger partial charge in [-0.25, -0.2) is 13.2 Å². The number of amides is 1. The average Bonchev–Trinajstić information content (AvgIpc) is 2.69. The molecule has 0 aliphatic carbocycles. The third-order valence-electron chi connectivity index (χ3n) is 3.12. The van der Waals surface area contributed by atoms with Gasteiger partial charge in [-0.3, -0.25) is 4.79 Å². The summed E-state index contributed by atoms with van der Waals surface area (Å²) in [4.78, 5) is 11.8. The first-order valence-corrected chi connectivity index (χ1v) is 5.68. The highest BCUT2D eigenvalue weighted by Crippen LogP contribution is 2.23. The van der Waals surface area contributed by atoms with E-state index in [2.05, 4.69) is 10.6 Å².